The number of ether oxygens (including phenoxy) is 4. The van der Waals surface area contributed by atoms with Crippen molar-refractivity contribution in [3.63, 3.8) is 0 Å². The Morgan fingerprint density at radius 3 is 1.59 bits per heavy atom. The van der Waals surface area contributed by atoms with E-state index in [1.165, 1.54) is 0 Å². The Kier molecular flexibility index (Phi) is 11.4. The number of hydrogen-bond donors (Lipinski definition) is 0. The van der Waals surface area contributed by atoms with Gasteiger partial charge >= 0.3 is 18.1 Å². The summed E-state index contributed by atoms with van der Waals surface area (Å²) in [5.74, 6) is 1.19. The Morgan fingerprint density at radius 2 is 1.14 bits per heavy atom. The van der Waals surface area contributed by atoms with Gasteiger partial charge < -0.3 is 18.9 Å². The number of benzene rings is 3. The summed E-state index contributed by atoms with van der Waals surface area (Å²) in [7, 11) is 0. The topological polar surface area (TPSA) is 124 Å². The maximum atomic E-state index is 12.9. The number of unbranched alkanes of at least 4 members (excludes halogenated alkanes) is 1. The van der Waals surface area contributed by atoms with Crippen LogP contribution in [0.3, 0.4) is 0 Å². The van der Waals surface area contributed by atoms with Crippen molar-refractivity contribution in [2.75, 3.05) is 26.4 Å². The predicted molar refractivity (Wildman–Crippen MR) is 157 cm³/mol. The molecule has 0 unspecified atom stereocenters. The Bertz CT molecular complexity index is 1660. The first kappa shape index (κ1) is 31.7. The molecule has 226 valence electrons. The minimum Gasteiger partial charge on any atom is -0.494 e. The lowest BCUT2D eigenvalue weighted by Gasteiger charge is -2.07. The molecular formula is C34H30O10. The largest absolute Gasteiger partial charge is 0.494 e. The molecule has 0 saturated carbocycles. The molecule has 0 aliphatic carbocycles. The van der Waals surface area contributed by atoms with Gasteiger partial charge in [0.15, 0.2) is 0 Å². The lowest BCUT2D eigenvalue weighted by atomic mass is 10.0. The fourth-order valence-corrected chi connectivity index (χ4v) is 4.50. The number of carbonyl (C=O) groups excluding carboxylic acids is 4. The van der Waals surface area contributed by atoms with E-state index >= 15 is 0 Å². The van der Waals surface area contributed by atoms with E-state index < -0.39 is 11.9 Å². The van der Waals surface area contributed by atoms with E-state index in [1.54, 1.807) is 42.5 Å². The van der Waals surface area contributed by atoms with Crippen molar-refractivity contribution >= 4 is 29.2 Å². The summed E-state index contributed by atoms with van der Waals surface area (Å²) in [5, 5.41) is 1.14. The number of allylic oxidation sites excluding steroid dienone is 1. The van der Waals surface area contributed by atoms with Gasteiger partial charge in [-0.05, 0) is 60.4 Å². The summed E-state index contributed by atoms with van der Waals surface area (Å²) >= 11 is 0. The third-order valence-electron chi connectivity index (χ3n) is 6.45. The van der Waals surface area contributed by atoms with Crippen LogP contribution in [-0.2, 0) is 29.0 Å². The molecule has 0 atom stereocenters. The van der Waals surface area contributed by atoms with Crippen molar-refractivity contribution in [1.82, 2.24) is 0 Å². The number of hydrogen-bond acceptors (Lipinski definition) is 10. The SMILES string of the molecule is C=CCCCOc1ccc(C2=c3cc4c(cc3OC2=O)=C(c2ccc(OCCCOOCC=C)cc2)C(=O)O4)cc1.O=C=O. The van der Waals surface area contributed by atoms with Crippen LogP contribution in [0.2, 0.25) is 0 Å². The molecule has 44 heavy (non-hydrogen) atoms. The predicted octanol–water partition coefficient (Wildman–Crippen LogP) is 3.59. The molecule has 0 aromatic heterocycles. The second-order valence-electron chi connectivity index (χ2n) is 9.38. The highest BCUT2D eigenvalue weighted by molar-refractivity contribution is 6.21. The molecule has 0 amide bonds. The molecule has 0 bridgehead atoms. The Hall–Kier alpha value is -5.28. The molecular weight excluding hydrogens is 568 g/mol. The molecule has 2 heterocycles. The maximum absolute atomic E-state index is 12.9. The molecule has 10 nitrogen and oxygen atoms in total. The van der Waals surface area contributed by atoms with Crippen molar-refractivity contribution in [2.45, 2.75) is 19.3 Å². The Morgan fingerprint density at radius 1 is 0.659 bits per heavy atom. The summed E-state index contributed by atoms with van der Waals surface area (Å²) in [5.41, 5.74) is 2.15. The summed E-state index contributed by atoms with van der Waals surface area (Å²) in [6.07, 6.45) is 6.12. The van der Waals surface area contributed by atoms with Crippen molar-refractivity contribution in [3.05, 3.63) is 108 Å². The highest BCUT2D eigenvalue weighted by atomic mass is 17.2. The van der Waals surface area contributed by atoms with Gasteiger partial charge in [0.25, 0.3) is 0 Å². The van der Waals surface area contributed by atoms with E-state index in [9.17, 15) is 9.59 Å². The molecule has 0 N–H and O–H groups in total. The van der Waals surface area contributed by atoms with Gasteiger partial charge in [0.2, 0.25) is 0 Å². The number of rotatable bonds is 15. The van der Waals surface area contributed by atoms with Crippen LogP contribution in [0.1, 0.15) is 30.4 Å². The fourth-order valence-electron chi connectivity index (χ4n) is 4.50. The van der Waals surface area contributed by atoms with Crippen LogP contribution < -0.4 is 29.4 Å². The molecule has 0 spiro atoms. The summed E-state index contributed by atoms with van der Waals surface area (Å²) < 4.78 is 22.7. The average Bonchev–Trinajstić information content (AvgIpc) is 3.52. The minimum atomic E-state index is -0.472. The van der Waals surface area contributed by atoms with Gasteiger partial charge in [-0.2, -0.15) is 9.59 Å². The monoisotopic (exact) mass is 598 g/mol. The Labute approximate surface area is 253 Å². The van der Waals surface area contributed by atoms with E-state index in [-0.39, 0.29) is 6.15 Å². The highest BCUT2D eigenvalue weighted by Gasteiger charge is 2.30. The van der Waals surface area contributed by atoms with E-state index in [0.29, 0.717) is 88.6 Å². The standard InChI is InChI=1S/C33H30O8.CO2/c1-3-5-6-17-36-24-12-8-22(9-13-24)30-26-20-29-27(21-28(26)40-32(30)34)31(33(35)41-29)23-10-14-25(15-11-23)37-18-7-19-39-38-16-4-2;2-1-3/h3-4,8-15,20-21H,1-2,5-7,16-19H2;. The summed E-state index contributed by atoms with van der Waals surface area (Å²) in [6.45, 7) is 9.02. The normalized spacial score (nSPS) is 12.6. The number of carbonyl (C=O) groups is 2. The van der Waals surface area contributed by atoms with E-state index in [1.807, 2.05) is 30.3 Å². The van der Waals surface area contributed by atoms with Gasteiger partial charge in [-0.25, -0.2) is 19.4 Å². The van der Waals surface area contributed by atoms with Crippen LogP contribution in [0.5, 0.6) is 23.0 Å². The zero-order valence-corrected chi connectivity index (χ0v) is 23.9. The minimum absolute atomic E-state index is 0.250. The third-order valence-corrected chi connectivity index (χ3v) is 6.45. The first-order valence-corrected chi connectivity index (χ1v) is 13.8. The van der Waals surface area contributed by atoms with Crippen LogP contribution in [0.15, 0.2) is 86.0 Å². The van der Waals surface area contributed by atoms with E-state index in [2.05, 4.69) is 13.2 Å². The van der Waals surface area contributed by atoms with Crippen molar-refractivity contribution in [1.29, 1.82) is 0 Å². The van der Waals surface area contributed by atoms with Gasteiger partial charge in [-0.15, -0.1) is 13.2 Å². The maximum Gasteiger partial charge on any atom is 0.373 e. The van der Waals surface area contributed by atoms with E-state index in [0.717, 1.165) is 12.8 Å². The lowest BCUT2D eigenvalue weighted by Crippen LogP contribution is -2.11. The Balaban J connectivity index is 0.00000141. The van der Waals surface area contributed by atoms with Gasteiger partial charge in [-0.3, -0.25) is 0 Å². The number of fused-ring (bicyclic) bond motifs is 2. The van der Waals surface area contributed by atoms with E-state index in [4.69, 9.17) is 38.3 Å². The van der Waals surface area contributed by atoms with Gasteiger partial charge in [0.05, 0.1) is 31.0 Å². The zero-order chi connectivity index (χ0) is 31.3. The molecule has 0 fully saturated rings. The van der Waals surface area contributed by atoms with Crippen LogP contribution in [0.25, 0.3) is 11.1 Å². The fraction of sp³-hybridized carbons (Fsp3) is 0.206. The quantitative estimate of drug-likeness (QED) is 0.0640. The molecule has 3 aromatic carbocycles. The molecule has 0 saturated heterocycles. The van der Waals surface area contributed by atoms with Gasteiger partial charge in [0, 0.05) is 16.9 Å². The lowest BCUT2D eigenvalue weighted by molar-refractivity contribution is -0.287. The number of esters is 2. The van der Waals surface area contributed by atoms with Crippen LogP contribution in [-0.4, -0.2) is 44.5 Å². The second kappa shape index (κ2) is 15.8. The second-order valence-corrected chi connectivity index (χ2v) is 9.38. The molecule has 5 rings (SSSR count). The van der Waals surface area contributed by atoms with Gasteiger partial charge in [0.1, 0.15) is 29.6 Å². The van der Waals surface area contributed by atoms with Crippen molar-refractivity contribution in [2.24, 2.45) is 0 Å². The van der Waals surface area contributed by atoms with Crippen LogP contribution in [0, 0.1) is 0 Å². The first-order valence-electron chi connectivity index (χ1n) is 13.8. The molecule has 0 radical (unpaired) electrons. The molecule has 3 aromatic rings. The zero-order valence-electron chi connectivity index (χ0n) is 23.9. The molecule has 2 aliphatic heterocycles. The molecule has 10 heteroatoms. The molecule has 2 aliphatic rings. The summed E-state index contributed by atoms with van der Waals surface area (Å²) in [6, 6.07) is 17.8. The first-order chi connectivity index (χ1) is 21.5. The van der Waals surface area contributed by atoms with Crippen molar-refractivity contribution in [3.8, 4) is 23.0 Å². The van der Waals surface area contributed by atoms with Crippen LogP contribution in [0.4, 0.5) is 0 Å². The third kappa shape index (κ3) is 7.76. The smallest absolute Gasteiger partial charge is 0.373 e. The van der Waals surface area contributed by atoms with Crippen LogP contribution >= 0.6 is 0 Å². The average molecular weight is 599 g/mol. The van der Waals surface area contributed by atoms with Crippen molar-refractivity contribution < 1.29 is 47.9 Å². The van der Waals surface area contributed by atoms with Gasteiger partial charge in [-0.1, -0.05) is 36.4 Å². The highest BCUT2D eigenvalue weighted by Crippen LogP contribution is 2.28. The summed E-state index contributed by atoms with van der Waals surface area (Å²) in [4.78, 5) is 51.9.